The average Bonchev–Trinajstić information content (AvgIpc) is 2.91. The zero-order valence-corrected chi connectivity index (χ0v) is 21.1. The number of nitrogens with two attached hydrogens (primary N) is 1. The number of carbonyl (C=O) groups is 2. The van der Waals surface area contributed by atoms with Crippen LogP contribution >= 0.6 is 0 Å². The predicted molar refractivity (Wildman–Crippen MR) is 137 cm³/mol. The molecule has 3 heterocycles. The predicted octanol–water partition coefficient (Wildman–Crippen LogP) is 3.29. The second-order valence-electron chi connectivity index (χ2n) is 9.68. The zero-order valence-electron chi connectivity index (χ0n) is 21.1. The van der Waals surface area contributed by atoms with Crippen LogP contribution in [-0.2, 0) is 14.3 Å². The van der Waals surface area contributed by atoms with Crippen molar-refractivity contribution >= 4 is 22.7 Å². The minimum absolute atomic E-state index is 0.00782. The van der Waals surface area contributed by atoms with Gasteiger partial charge in [-0.25, -0.2) is 4.39 Å². The van der Waals surface area contributed by atoms with Crippen LogP contribution < -0.4 is 10.5 Å². The van der Waals surface area contributed by atoms with E-state index >= 15 is 4.39 Å². The number of fused-ring (bicyclic) bond motifs is 1. The maximum atomic E-state index is 15.6. The Labute approximate surface area is 215 Å². The Morgan fingerprint density at radius 2 is 2.03 bits per heavy atom. The number of ether oxygens (including phenoxy) is 2. The summed E-state index contributed by atoms with van der Waals surface area (Å²) in [4.78, 5) is 32.7. The van der Waals surface area contributed by atoms with Gasteiger partial charge in [0.2, 0.25) is 11.8 Å². The Balaban J connectivity index is 1.40. The quantitative estimate of drug-likeness (QED) is 0.551. The molecular weight excluding hydrogens is 475 g/mol. The summed E-state index contributed by atoms with van der Waals surface area (Å²) < 4.78 is 27.2. The molecule has 1 aromatic heterocycles. The van der Waals surface area contributed by atoms with E-state index in [1.807, 2.05) is 36.1 Å². The van der Waals surface area contributed by atoms with Gasteiger partial charge in [0.05, 0.1) is 12.7 Å². The van der Waals surface area contributed by atoms with Gasteiger partial charge in [-0.1, -0.05) is 24.3 Å². The molecule has 1 spiro atoms. The van der Waals surface area contributed by atoms with Crippen molar-refractivity contribution in [2.45, 2.75) is 31.4 Å². The van der Waals surface area contributed by atoms with Crippen LogP contribution in [0.4, 0.5) is 4.39 Å². The average molecular weight is 507 g/mol. The molecule has 2 fully saturated rings. The highest BCUT2D eigenvalue weighted by Crippen LogP contribution is 2.38. The number of nitrogens with zero attached hydrogens (tertiary/aromatic N) is 3. The van der Waals surface area contributed by atoms with Crippen molar-refractivity contribution in [1.82, 2.24) is 14.8 Å². The Bertz CT molecular complexity index is 1340. The minimum atomic E-state index is -0.904. The van der Waals surface area contributed by atoms with Crippen molar-refractivity contribution in [3.8, 4) is 16.9 Å². The van der Waals surface area contributed by atoms with Gasteiger partial charge in [-0.2, -0.15) is 0 Å². The lowest BCUT2D eigenvalue weighted by molar-refractivity contribution is -0.172. The lowest BCUT2D eigenvalue weighted by Gasteiger charge is -2.48. The molecule has 2 saturated heterocycles. The topological polar surface area (TPSA) is 98.0 Å². The summed E-state index contributed by atoms with van der Waals surface area (Å²) in [6, 6.07) is 11.5. The summed E-state index contributed by atoms with van der Waals surface area (Å²) in [6.07, 6.45) is 2.94. The number of hydrogen-bond acceptors (Lipinski definition) is 6. The third-order valence-corrected chi connectivity index (χ3v) is 7.60. The van der Waals surface area contributed by atoms with Crippen molar-refractivity contribution in [2.75, 3.05) is 39.9 Å². The largest absolute Gasteiger partial charge is 0.494 e. The van der Waals surface area contributed by atoms with E-state index in [0.29, 0.717) is 61.4 Å². The molecule has 5 rings (SSSR count). The first-order valence-electron chi connectivity index (χ1n) is 12.5. The molecule has 0 aliphatic carbocycles. The van der Waals surface area contributed by atoms with Crippen LogP contribution in [0.1, 0.15) is 31.4 Å². The number of morpholine rings is 1. The van der Waals surface area contributed by atoms with Crippen LogP contribution in [0, 0.1) is 5.82 Å². The van der Waals surface area contributed by atoms with Gasteiger partial charge in [0.15, 0.2) is 5.75 Å². The van der Waals surface area contributed by atoms with E-state index in [-0.39, 0.29) is 18.1 Å². The van der Waals surface area contributed by atoms with Crippen LogP contribution in [0.3, 0.4) is 0 Å². The Kier molecular flexibility index (Phi) is 6.83. The maximum absolute atomic E-state index is 15.6. The van der Waals surface area contributed by atoms with Gasteiger partial charge in [0, 0.05) is 48.9 Å². The fourth-order valence-corrected chi connectivity index (χ4v) is 5.57. The minimum Gasteiger partial charge on any atom is -0.494 e. The summed E-state index contributed by atoms with van der Waals surface area (Å²) >= 11 is 0. The molecule has 2 aliphatic heterocycles. The van der Waals surface area contributed by atoms with Crippen molar-refractivity contribution in [2.24, 2.45) is 5.73 Å². The molecule has 3 aromatic rings. The van der Waals surface area contributed by atoms with E-state index in [1.165, 1.54) is 6.07 Å². The lowest BCUT2D eigenvalue weighted by atomic mass is 9.87. The number of benzene rings is 2. The van der Waals surface area contributed by atoms with Gasteiger partial charge in [-0.3, -0.25) is 19.5 Å². The van der Waals surface area contributed by atoms with E-state index in [2.05, 4.69) is 4.98 Å². The number of pyridine rings is 1. The molecule has 9 heteroatoms. The van der Waals surface area contributed by atoms with Crippen LogP contribution in [0.5, 0.6) is 5.75 Å². The molecule has 0 saturated carbocycles. The Morgan fingerprint density at radius 1 is 1.24 bits per heavy atom. The third-order valence-electron chi connectivity index (χ3n) is 7.60. The molecule has 37 heavy (non-hydrogen) atoms. The van der Waals surface area contributed by atoms with Crippen LogP contribution in [0.25, 0.3) is 22.0 Å². The van der Waals surface area contributed by atoms with Gasteiger partial charge in [-0.05, 0) is 43.5 Å². The highest BCUT2D eigenvalue weighted by molar-refractivity contribution is 5.92. The number of likely N-dealkylation sites (N-methyl/N-ethyl adjacent to an activating group) is 1. The number of carbonyl (C=O) groups excluding carboxylic acids is 2. The summed E-state index contributed by atoms with van der Waals surface area (Å²) in [5, 5.41) is 0.922. The fourth-order valence-electron chi connectivity index (χ4n) is 5.57. The number of rotatable bonds is 6. The van der Waals surface area contributed by atoms with Gasteiger partial charge < -0.3 is 20.1 Å². The second kappa shape index (κ2) is 10.1. The number of amides is 2. The third kappa shape index (κ3) is 4.65. The molecule has 2 aromatic carbocycles. The number of primary amides is 1. The molecule has 8 nitrogen and oxygen atoms in total. The number of halogens is 1. The Morgan fingerprint density at radius 3 is 2.70 bits per heavy atom. The van der Waals surface area contributed by atoms with E-state index in [1.54, 1.807) is 30.3 Å². The molecule has 1 unspecified atom stereocenters. The SMILES string of the molecule is CCN1CC2(CCN(C(C(N)=O)c3ccc(-c4ccc5cccnc5c4OC)cc3F)CC2)OCC1=O. The molecule has 194 valence electrons. The van der Waals surface area contributed by atoms with Gasteiger partial charge >= 0.3 is 0 Å². The van der Waals surface area contributed by atoms with E-state index in [9.17, 15) is 9.59 Å². The maximum Gasteiger partial charge on any atom is 0.248 e. The van der Waals surface area contributed by atoms with Crippen molar-refractivity contribution < 1.29 is 23.5 Å². The smallest absolute Gasteiger partial charge is 0.248 e. The van der Waals surface area contributed by atoms with Crippen molar-refractivity contribution in [3.05, 3.63) is 60.0 Å². The van der Waals surface area contributed by atoms with Crippen LogP contribution in [0.2, 0.25) is 0 Å². The van der Waals surface area contributed by atoms with Gasteiger partial charge in [0.25, 0.3) is 0 Å². The van der Waals surface area contributed by atoms with Gasteiger partial charge in [0.1, 0.15) is 24.0 Å². The number of piperidine rings is 1. The number of aromatic nitrogens is 1. The van der Waals surface area contributed by atoms with E-state index in [4.69, 9.17) is 15.2 Å². The molecule has 1 atom stereocenters. The molecule has 0 radical (unpaired) electrons. The lowest BCUT2D eigenvalue weighted by Crippen LogP contribution is -2.59. The van der Waals surface area contributed by atoms with Crippen LogP contribution in [0.15, 0.2) is 48.7 Å². The molecule has 0 bridgehead atoms. The van der Waals surface area contributed by atoms with E-state index in [0.717, 1.165) is 5.39 Å². The number of likely N-dealkylation sites (tertiary alicyclic amines) is 1. The molecule has 2 aliphatic rings. The van der Waals surface area contributed by atoms with Gasteiger partial charge in [-0.15, -0.1) is 0 Å². The zero-order chi connectivity index (χ0) is 26.2. The van der Waals surface area contributed by atoms with Crippen LogP contribution in [-0.4, -0.2) is 72.1 Å². The summed E-state index contributed by atoms with van der Waals surface area (Å²) in [5.41, 5.74) is 7.61. The molecule has 2 amide bonds. The fraction of sp³-hybridized carbons (Fsp3) is 0.393. The summed E-state index contributed by atoms with van der Waals surface area (Å²) in [7, 11) is 1.57. The monoisotopic (exact) mass is 506 g/mol. The van der Waals surface area contributed by atoms with E-state index < -0.39 is 23.4 Å². The normalized spacial score (nSPS) is 18.8. The highest BCUT2D eigenvalue weighted by Gasteiger charge is 2.44. The summed E-state index contributed by atoms with van der Waals surface area (Å²) in [5.74, 6) is -0.567. The molecule has 2 N–H and O–H groups in total. The first kappa shape index (κ1) is 25.1. The first-order chi connectivity index (χ1) is 17.9. The summed E-state index contributed by atoms with van der Waals surface area (Å²) in [6.45, 7) is 4.19. The van der Waals surface area contributed by atoms with Crippen molar-refractivity contribution in [1.29, 1.82) is 0 Å². The number of hydrogen-bond donors (Lipinski definition) is 1. The Hall–Kier alpha value is -3.56. The van der Waals surface area contributed by atoms with Crippen molar-refractivity contribution in [3.63, 3.8) is 0 Å². The number of methoxy groups -OCH3 is 1. The first-order valence-corrected chi connectivity index (χ1v) is 12.5. The highest BCUT2D eigenvalue weighted by atomic mass is 19.1. The standard InChI is InChI=1S/C28H31FN4O4/c1-3-32-17-28(37-16-23(32)34)10-13-33(14-11-28)25(27(30)35)21-9-7-19(15-22(21)29)20-8-6-18-5-4-12-31-24(18)26(20)36-2/h4-9,12,15,25H,3,10-11,13-14,16-17H2,1-2H3,(H2,30,35). The second-order valence-corrected chi connectivity index (χ2v) is 9.68. The molecular formula is C28H31FN4O4.